The number of hydrogen-bond donors (Lipinski definition) is 12. The number of carbonyl (C=O) groups excluding carboxylic acids is 1. The molecule has 3 fully saturated rings. The largest absolute Gasteiger partial charge is 0.508 e. The molecule has 0 bridgehead atoms. The molecule has 346 valence electrons. The number of fused-ring (bicyclic) bond motifs is 1. The van der Waals surface area contributed by atoms with Crippen molar-refractivity contribution < 1.29 is 104 Å². The highest BCUT2D eigenvalue weighted by molar-refractivity contribution is 5.88. The third-order valence-electron chi connectivity index (χ3n) is 10.8. The number of rotatable bonds is 12. The summed E-state index contributed by atoms with van der Waals surface area (Å²) < 4.78 is 45.7. The minimum Gasteiger partial charge on any atom is -0.508 e. The van der Waals surface area contributed by atoms with Crippen LogP contribution in [-0.2, 0) is 28.5 Å². The van der Waals surface area contributed by atoms with Gasteiger partial charge in [0.25, 0.3) is 0 Å². The summed E-state index contributed by atoms with van der Waals surface area (Å²) in [5, 5.41) is 125. The average molecular weight is 903 g/mol. The first kappa shape index (κ1) is 46.5. The van der Waals surface area contributed by atoms with Gasteiger partial charge in [-0.1, -0.05) is 12.1 Å². The van der Waals surface area contributed by atoms with Gasteiger partial charge in [0, 0.05) is 23.8 Å². The monoisotopic (exact) mass is 902 g/mol. The van der Waals surface area contributed by atoms with Crippen LogP contribution in [0.3, 0.4) is 0 Å². The Balaban J connectivity index is 1.21. The molecule has 3 aliphatic heterocycles. The quantitative estimate of drug-likeness (QED) is 0.0543. The third kappa shape index (κ3) is 9.64. The number of benzene rings is 3. The van der Waals surface area contributed by atoms with Crippen molar-refractivity contribution in [1.82, 2.24) is 0 Å². The van der Waals surface area contributed by atoms with Crippen LogP contribution in [0.1, 0.15) is 12.5 Å². The zero-order valence-electron chi connectivity index (χ0n) is 33.5. The van der Waals surface area contributed by atoms with E-state index in [9.17, 15) is 70.9 Å². The normalized spacial score (nSPS) is 33.2. The highest BCUT2D eigenvalue weighted by Crippen LogP contribution is 2.39. The van der Waals surface area contributed by atoms with Gasteiger partial charge in [0.1, 0.15) is 95.0 Å². The van der Waals surface area contributed by atoms with Crippen molar-refractivity contribution in [2.45, 2.75) is 99.0 Å². The van der Waals surface area contributed by atoms with E-state index in [1.54, 1.807) is 0 Å². The van der Waals surface area contributed by atoms with Gasteiger partial charge in [-0.2, -0.15) is 0 Å². The van der Waals surface area contributed by atoms with Crippen LogP contribution in [0, 0.1) is 0 Å². The number of phenols is 3. The molecular weight excluding hydrogens is 856 g/mol. The molecule has 22 heteroatoms. The Labute approximate surface area is 361 Å². The number of hydrogen-bond acceptors (Lipinski definition) is 22. The highest BCUT2D eigenvalue weighted by Gasteiger charge is 2.50. The lowest BCUT2D eigenvalue weighted by molar-refractivity contribution is -0.319. The minimum atomic E-state index is -2.12. The fourth-order valence-corrected chi connectivity index (χ4v) is 7.20. The fourth-order valence-electron chi connectivity index (χ4n) is 7.20. The molecule has 0 saturated carbocycles. The van der Waals surface area contributed by atoms with Gasteiger partial charge in [-0.15, -0.1) is 0 Å². The molecule has 0 unspecified atom stereocenters. The van der Waals surface area contributed by atoms with E-state index in [0.717, 1.165) is 18.2 Å². The number of aliphatic hydroxyl groups excluding tert-OH is 9. The van der Waals surface area contributed by atoms with E-state index in [-0.39, 0.29) is 28.4 Å². The van der Waals surface area contributed by atoms with E-state index < -0.39 is 139 Å². The molecule has 15 atom stereocenters. The molecular formula is C42H46O22. The zero-order chi connectivity index (χ0) is 46.1. The molecule has 1 aromatic heterocycles. The van der Waals surface area contributed by atoms with Gasteiger partial charge >= 0.3 is 5.97 Å². The van der Waals surface area contributed by atoms with Crippen LogP contribution >= 0.6 is 0 Å². The first-order valence-corrected chi connectivity index (χ1v) is 19.7. The first-order chi connectivity index (χ1) is 30.4. The number of aromatic hydroxyl groups is 3. The third-order valence-corrected chi connectivity index (χ3v) is 10.8. The van der Waals surface area contributed by atoms with Crippen molar-refractivity contribution in [2.24, 2.45) is 0 Å². The maximum absolute atomic E-state index is 14.3. The molecule has 64 heavy (non-hydrogen) atoms. The molecule has 3 saturated heterocycles. The Morgan fingerprint density at radius 1 is 0.688 bits per heavy atom. The Kier molecular flexibility index (Phi) is 14.1. The number of phenolic OH excluding ortho intramolecular Hbond substituents is 3. The molecule has 3 aromatic carbocycles. The average Bonchev–Trinajstić information content (AvgIpc) is 3.27. The molecule has 4 aromatic rings. The highest BCUT2D eigenvalue weighted by atomic mass is 16.7. The molecule has 12 N–H and O–H groups in total. The predicted octanol–water partition coefficient (Wildman–Crippen LogP) is -1.95. The van der Waals surface area contributed by atoms with Crippen LogP contribution in [0.25, 0.3) is 28.4 Å². The van der Waals surface area contributed by atoms with E-state index in [1.165, 1.54) is 61.5 Å². The van der Waals surface area contributed by atoms with Gasteiger partial charge in [-0.05, 0) is 55.0 Å². The first-order valence-electron chi connectivity index (χ1n) is 19.7. The van der Waals surface area contributed by atoms with Crippen LogP contribution in [0.5, 0.6) is 28.7 Å². The van der Waals surface area contributed by atoms with Gasteiger partial charge < -0.3 is 98.9 Å². The van der Waals surface area contributed by atoms with Gasteiger partial charge in [0.15, 0.2) is 18.2 Å². The molecule has 0 spiro atoms. The lowest BCUT2D eigenvalue weighted by atomic mass is 9.98. The van der Waals surface area contributed by atoms with Gasteiger partial charge in [0.2, 0.25) is 23.8 Å². The molecule has 0 radical (unpaired) electrons. The molecule has 4 heterocycles. The fraction of sp³-hybridized carbons (Fsp3) is 0.429. The second-order valence-corrected chi connectivity index (χ2v) is 15.3. The van der Waals surface area contributed by atoms with Crippen molar-refractivity contribution in [1.29, 1.82) is 0 Å². The number of carbonyl (C=O) groups is 1. The van der Waals surface area contributed by atoms with E-state index in [0.29, 0.717) is 5.56 Å². The number of ether oxygens (including phenoxy) is 7. The van der Waals surface area contributed by atoms with Crippen LogP contribution in [0.2, 0.25) is 0 Å². The summed E-state index contributed by atoms with van der Waals surface area (Å²) in [6, 6.07) is 12.8. The Morgan fingerprint density at radius 3 is 1.95 bits per heavy atom. The summed E-state index contributed by atoms with van der Waals surface area (Å²) in [6.07, 6.45) is -23.2. The van der Waals surface area contributed by atoms with Crippen molar-refractivity contribution in [3.8, 4) is 40.1 Å². The minimum absolute atomic E-state index is 0.0263. The topological polar surface area (TPSA) is 355 Å². The summed E-state index contributed by atoms with van der Waals surface area (Å²) in [7, 11) is 0. The lowest BCUT2D eigenvalue weighted by Crippen LogP contribution is -2.62. The van der Waals surface area contributed by atoms with Gasteiger partial charge in [0.05, 0.1) is 19.3 Å². The van der Waals surface area contributed by atoms with Crippen molar-refractivity contribution in [2.75, 3.05) is 13.2 Å². The Hall–Kier alpha value is -5.44. The van der Waals surface area contributed by atoms with E-state index in [1.807, 2.05) is 0 Å². The second-order valence-electron chi connectivity index (χ2n) is 15.3. The van der Waals surface area contributed by atoms with Crippen LogP contribution in [0.15, 0.2) is 76.0 Å². The smallest absolute Gasteiger partial charge is 0.331 e. The SMILES string of the molecule is C[C@@H]1O[C@@H](OC[C@H]2O[C@@H](Oc3c(-c4ccc(O)cc4)oc4cc(O[C@@H]5O[C@@H](CO)[C@@H](O)[C@H](O)[C@@H]5O)cc(O)c4c3=O)[C@H](O)[C@H](O)[C@H]2OC(=O)/C=C\c2ccc(O)cc2)[C@H](O)[C@@H](O)[C@H]1O. The Bertz CT molecular complexity index is 2330. The van der Waals surface area contributed by atoms with Gasteiger partial charge in [-0.3, -0.25) is 4.79 Å². The predicted molar refractivity (Wildman–Crippen MR) is 212 cm³/mol. The Morgan fingerprint density at radius 2 is 1.28 bits per heavy atom. The summed E-state index contributed by atoms with van der Waals surface area (Å²) in [4.78, 5) is 27.4. The molecule has 7 rings (SSSR count). The van der Waals surface area contributed by atoms with Crippen molar-refractivity contribution in [3.05, 3.63) is 82.5 Å². The van der Waals surface area contributed by atoms with Crippen LogP contribution in [0.4, 0.5) is 0 Å². The number of esters is 1. The summed E-state index contributed by atoms with van der Waals surface area (Å²) in [5.74, 6) is -3.47. The maximum Gasteiger partial charge on any atom is 0.331 e. The van der Waals surface area contributed by atoms with Crippen LogP contribution < -0.4 is 14.9 Å². The van der Waals surface area contributed by atoms with Crippen molar-refractivity contribution >= 4 is 23.0 Å². The number of aliphatic hydroxyl groups is 9. The van der Waals surface area contributed by atoms with Gasteiger partial charge in [-0.25, -0.2) is 4.79 Å². The van der Waals surface area contributed by atoms with E-state index in [4.69, 9.17) is 37.6 Å². The molecule has 22 nitrogen and oxygen atoms in total. The zero-order valence-corrected chi connectivity index (χ0v) is 33.5. The summed E-state index contributed by atoms with van der Waals surface area (Å²) in [6.45, 7) is -0.0756. The van der Waals surface area contributed by atoms with Crippen LogP contribution in [-0.4, -0.2) is 173 Å². The molecule has 3 aliphatic rings. The van der Waals surface area contributed by atoms with Crippen molar-refractivity contribution in [3.63, 3.8) is 0 Å². The molecule has 0 amide bonds. The van der Waals surface area contributed by atoms with E-state index >= 15 is 0 Å². The summed E-state index contributed by atoms with van der Waals surface area (Å²) in [5.41, 5.74) is -0.907. The lowest BCUT2D eigenvalue weighted by Gasteiger charge is -2.43. The second kappa shape index (κ2) is 19.3. The standard InChI is InChI=1S/C42H46O22/c1-16-28(48)31(51)34(54)40(58-16)57-15-25-38(63-26(47)11-4-17-2-7-19(44)8-3-17)33(53)36(56)42(62-25)64-39-30(50)27-22(46)12-21(59-41-35(55)32(52)29(49)24(14-43)61-41)13-23(27)60-37(39)18-5-9-20(45)10-6-18/h2-13,16,24-25,28-29,31-36,38,40-46,48-49,51-56H,14-15H2,1H3/b11-4-/t16-,24-,25+,28-,29+,31-,32-,33-,34+,35-,36+,38-,40+,41+,42-/m0/s1. The maximum atomic E-state index is 14.3. The summed E-state index contributed by atoms with van der Waals surface area (Å²) >= 11 is 0. The van der Waals surface area contributed by atoms with E-state index in [2.05, 4.69) is 0 Å². The molecule has 0 aliphatic carbocycles.